The van der Waals surface area contributed by atoms with Gasteiger partial charge in [-0.15, -0.1) is 0 Å². The topological polar surface area (TPSA) is 34.1 Å². The van der Waals surface area contributed by atoms with Crippen molar-refractivity contribution in [2.75, 3.05) is 0 Å². The highest BCUT2D eigenvalue weighted by Gasteiger charge is 2.59. The molecule has 0 amide bonds. The lowest BCUT2D eigenvalue weighted by molar-refractivity contribution is 0.0330. The molecule has 0 radical (unpaired) electrons. The highest BCUT2D eigenvalue weighted by Crippen LogP contribution is 2.60. The Morgan fingerprint density at radius 2 is 1.24 bits per heavy atom. The minimum Gasteiger partial charge on any atom is -0.228 e. The van der Waals surface area contributed by atoms with Crippen molar-refractivity contribution in [3.63, 3.8) is 0 Å². The van der Waals surface area contributed by atoms with Crippen LogP contribution in [0.3, 0.4) is 0 Å². The summed E-state index contributed by atoms with van der Waals surface area (Å²) in [5.74, 6) is 2.12. The predicted octanol–water partition coefficient (Wildman–Crippen LogP) is 3.17. The SMILES string of the molecule is CC(C)(C)S(=O)(=O)C12CC3CC(CC(C3)C1)C2. The first-order valence-corrected chi connectivity index (χ1v) is 8.46. The van der Waals surface area contributed by atoms with Gasteiger partial charge >= 0.3 is 0 Å². The van der Waals surface area contributed by atoms with Crippen molar-refractivity contribution in [2.45, 2.75) is 68.8 Å². The third-order valence-electron chi connectivity index (χ3n) is 5.36. The molecule has 4 aliphatic carbocycles. The molecule has 4 rings (SSSR count). The molecular weight excluding hydrogens is 232 g/mol. The number of hydrogen-bond donors (Lipinski definition) is 0. The van der Waals surface area contributed by atoms with Gasteiger partial charge in [0.25, 0.3) is 0 Å². The Balaban J connectivity index is 2.03. The van der Waals surface area contributed by atoms with Crippen LogP contribution in [0.5, 0.6) is 0 Å². The molecule has 0 spiro atoms. The third-order valence-corrected chi connectivity index (χ3v) is 8.61. The zero-order valence-corrected chi connectivity index (χ0v) is 12.0. The summed E-state index contributed by atoms with van der Waals surface area (Å²) in [7, 11) is -3.00. The van der Waals surface area contributed by atoms with Gasteiger partial charge in [-0.05, 0) is 77.0 Å². The van der Waals surface area contributed by atoms with E-state index in [9.17, 15) is 8.42 Å². The summed E-state index contributed by atoms with van der Waals surface area (Å²) in [6.45, 7) is 5.63. The van der Waals surface area contributed by atoms with Crippen LogP contribution in [0, 0.1) is 17.8 Å². The second-order valence-corrected chi connectivity index (χ2v) is 10.8. The van der Waals surface area contributed by atoms with Crippen molar-refractivity contribution in [1.29, 1.82) is 0 Å². The monoisotopic (exact) mass is 256 g/mol. The molecule has 0 aromatic carbocycles. The molecule has 2 nitrogen and oxygen atoms in total. The van der Waals surface area contributed by atoms with Gasteiger partial charge in [0, 0.05) is 0 Å². The molecule has 3 heteroatoms. The van der Waals surface area contributed by atoms with Crippen molar-refractivity contribution < 1.29 is 8.42 Å². The summed E-state index contributed by atoms with van der Waals surface area (Å²) in [5.41, 5.74) is 0. The van der Waals surface area contributed by atoms with E-state index in [1.54, 1.807) is 0 Å². The number of sulfone groups is 1. The van der Waals surface area contributed by atoms with E-state index >= 15 is 0 Å². The van der Waals surface area contributed by atoms with Crippen LogP contribution in [-0.2, 0) is 9.84 Å². The lowest BCUT2D eigenvalue weighted by atomic mass is 9.56. The Hall–Kier alpha value is -0.0500. The zero-order valence-electron chi connectivity index (χ0n) is 11.2. The molecule has 0 heterocycles. The Labute approximate surface area is 105 Å². The van der Waals surface area contributed by atoms with Crippen LogP contribution in [0.2, 0.25) is 0 Å². The third kappa shape index (κ3) is 1.54. The Kier molecular flexibility index (Phi) is 2.32. The molecule has 0 atom stereocenters. The van der Waals surface area contributed by atoms with Crippen LogP contribution in [0.4, 0.5) is 0 Å². The average Bonchev–Trinajstić information content (AvgIpc) is 2.12. The predicted molar refractivity (Wildman–Crippen MR) is 69.6 cm³/mol. The van der Waals surface area contributed by atoms with Crippen molar-refractivity contribution in [3.8, 4) is 0 Å². The molecule has 0 aromatic rings. The van der Waals surface area contributed by atoms with Crippen LogP contribution in [0.1, 0.15) is 59.3 Å². The first kappa shape index (κ1) is 12.0. The zero-order chi connectivity index (χ0) is 12.5. The Bertz CT molecular complexity index is 392. The van der Waals surface area contributed by atoms with Crippen molar-refractivity contribution >= 4 is 9.84 Å². The van der Waals surface area contributed by atoms with E-state index in [0.29, 0.717) is 17.8 Å². The molecular formula is C14H24O2S. The van der Waals surface area contributed by atoms with Gasteiger partial charge in [-0.3, -0.25) is 0 Å². The quantitative estimate of drug-likeness (QED) is 0.722. The van der Waals surface area contributed by atoms with Crippen LogP contribution >= 0.6 is 0 Å². The summed E-state index contributed by atoms with van der Waals surface area (Å²) < 4.78 is 24.9. The van der Waals surface area contributed by atoms with Gasteiger partial charge in [-0.25, -0.2) is 8.42 Å². The van der Waals surface area contributed by atoms with Gasteiger partial charge in [-0.2, -0.15) is 0 Å². The molecule has 0 aliphatic heterocycles. The molecule has 0 unspecified atom stereocenters. The van der Waals surface area contributed by atoms with Crippen LogP contribution in [0.15, 0.2) is 0 Å². The van der Waals surface area contributed by atoms with E-state index in [2.05, 4.69) is 0 Å². The van der Waals surface area contributed by atoms with Crippen molar-refractivity contribution in [1.82, 2.24) is 0 Å². The summed E-state index contributed by atoms with van der Waals surface area (Å²) in [5, 5.41) is 0. The molecule has 4 fully saturated rings. The fourth-order valence-corrected chi connectivity index (χ4v) is 7.67. The highest BCUT2D eigenvalue weighted by molar-refractivity contribution is 7.94. The van der Waals surface area contributed by atoms with Gasteiger partial charge in [0.1, 0.15) is 0 Å². The first-order valence-electron chi connectivity index (χ1n) is 6.98. The Morgan fingerprint density at radius 1 is 0.882 bits per heavy atom. The smallest absolute Gasteiger partial charge is 0.160 e. The van der Waals surface area contributed by atoms with Crippen LogP contribution in [-0.4, -0.2) is 17.9 Å². The van der Waals surface area contributed by atoms with Crippen LogP contribution < -0.4 is 0 Å². The largest absolute Gasteiger partial charge is 0.228 e. The van der Waals surface area contributed by atoms with E-state index in [1.807, 2.05) is 20.8 Å². The average molecular weight is 256 g/mol. The van der Waals surface area contributed by atoms with Gasteiger partial charge in [0.2, 0.25) is 0 Å². The number of hydrogen-bond acceptors (Lipinski definition) is 2. The lowest BCUT2D eigenvalue weighted by Gasteiger charge is -2.57. The van der Waals surface area contributed by atoms with E-state index in [0.717, 1.165) is 19.3 Å². The molecule has 0 N–H and O–H groups in total. The van der Waals surface area contributed by atoms with Gasteiger partial charge in [0.05, 0.1) is 9.49 Å². The summed E-state index contributed by atoms with van der Waals surface area (Å²) in [6.07, 6.45) is 6.78. The normalized spacial score (nSPS) is 45.2. The summed E-state index contributed by atoms with van der Waals surface area (Å²) in [4.78, 5) is 0. The standard InChI is InChI=1S/C14H24O2S/c1-13(2,3)17(15,16)14-7-10-4-11(8-14)6-12(5-10)9-14/h10-12H,4-9H2,1-3H3. The maximum absolute atomic E-state index is 12.9. The molecule has 4 bridgehead atoms. The maximum Gasteiger partial charge on any atom is 0.160 e. The molecule has 4 aliphatic rings. The summed E-state index contributed by atoms with van der Waals surface area (Å²) >= 11 is 0. The minimum atomic E-state index is -3.00. The Morgan fingerprint density at radius 3 is 1.53 bits per heavy atom. The summed E-state index contributed by atoms with van der Waals surface area (Å²) in [6, 6.07) is 0. The molecule has 0 aromatic heterocycles. The van der Waals surface area contributed by atoms with Gasteiger partial charge in [-0.1, -0.05) is 0 Å². The molecule has 98 valence electrons. The van der Waals surface area contributed by atoms with E-state index in [4.69, 9.17) is 0 Å². The van der Waals surface area contributed by atoms with Crippen LogP contribution in [0.25, 0.3) is 0 Å². The van der Waals surface area contributed by atoms with E-state index in [1.165, 1.54) is 19.3 Å². The number of rotatable bonds is 1. The van der Waals surface area contributed by atoms with Gasteiger partial charge in [0.15, 0.2) is 9.84 Å². The van der Waals surface area contributed by atoms with Crippen molar-refractivity contribution in [3.05, 3.63) is 0 Å². The van der Waals surface area contributed by atoms with Gasteiger partial charge < -0.3 is 0 Å². The van der Waals surface area contributed by atoms with E-state index in [-0.39, 0.29) is 4.75 Å². The highest BCUT2D eigenvalue weighted by atomic mass is 32.2. The molecule has 0 saturated heterocycles. The minimum absolute atomic E-state index is 0.347. The second-order valence-electron chi connectivity index (χ2n) is 7.72. The first-order chi connectivity index (χ1) is 7.73. The molecule has 4 saturated carbocycles. The lowest BCUT2D eigenvalue weighted by Crippen LogP contribution is -2.58. The fraction of sp³-hybridized carbons (Fsp3) is 1.00. The molecule has 17 heavy (non-hydrogen) atoms. The van der Waals surface area contributed by atoms with Crippen molar-refractivity contribution in [2.24, 2.45) is 17.8 Å². The maximum atomic E-state index is 12.9. The fourth-order valence-electron chi connectivity index (χ4n) is 5.01. The van der Waals surface area contributed by atoms with E-state index < -0.39 is 14.6 Å². The second kappa shape index (κ2) is 3.28.